The normalized spacial score (nSPS) is 10.6. The van der Waals surface area contributed by atoms with Crippen molar-refractivity contribution in [2.75, 3.05) is 6.54 Å². The van der Waals surface area contributed by atoms with Crippen LogP contribution in [0.25, 0.3) is 0 Å². The third-order valence-electron chi connectivity index (χ3n) is 4.50. The molecule has 3 rings (SSSR count). The number of esters is 2. The fourth-order valence-corrected chi connectivity index (χ4v) is 2.73. The van der Waals surface area contributed by atoms with Gasteiger partial charge in [-0.25, -0.2) is 14.6 Å². The van der Waals surface area contributed by atoms with Crippen LogP contribution in [0.1, 0.15) is 50.6 Å². The number of pyridine rings is 1. The molecule has 7 nitrogen and oxygen atoms in total. The number of aromatic nitrogens is 1. The molecule has 32 heavy (non-hydrogen) atoms. The number of rotatable bonds is 8. The second-order valence-corrected chi connectivity index (χ2v) is 7.48. The van der Waals surface area contributed by atoms with Crippen LogP contribution >= 0.6 is 0 Å². The molecule has 0 saturated carbocycles. The van der Waals surface area contributed by atoms with Gasteiger partial charge in [-0.3, -0.25) is 4.79 Å². The van der Waals surface area contributed by atoms with Crippen molar-refractivity contribution >= 4 is 17.7 Å². The molecule has 164 valence electrons. The number of hydrogen-bond donors (Lipinski definition) is 1. The Morgan fingerprint density at radius 3 is 2.22 bits per heavy atom. The van der Waals surface area contributed by atoms with Crippen molar-refractivity contribution in [3.8, 4) is 11.5 Å². The van der Waals surface area contributed by atoms with E-state index in [-0.39, 0.29) is 35.6 Å². The smallest absolute Gasteiger partial charge is 0.362 e. The van der Waals surface area contributed by atoms with Crippen LogP contribution in [0.4, 0.5) is 0 Å². The molecule has 1 aromatic heterocycles. The zero-order valence-corrected chi connectivity index (χ0v) is 18.1. The zero-order chi connectivity index (χ0) is 23.1. The van der Waals surface area contributed by atoms with Crippen molar-refractivity contribution in [1.82, 2.24) is 10.3 Å². The number of ketones is 1. The standard InChI is InChI=1S/C25H24N2O5/c1-16(2)27-15-21(28)19-11-12-22(31-24(29)18-9-7-17(3)8-10-18)23(14-19)32-25(30)20-6-4-5-13-26-20/h4-14,16,27H,15H2,1-3H3. The third kappa shape index (κ3) is 6.09. The second kappa shape index (κ2) is 10.5. The molecule has 1 heterocycles. The number of Topliss-reactive ketones (excluding diaryl/α,β-unsaturated/α-hetero) is 1. The third-order valence-corrected chi connectivity index (χ3v) is 4.50. The van der Waals surface area contributed by atoms with Gasteiger partial charge in [-0.15, -0.1) is 0 Å². The van der Waals surface area contributed by atoms with Crippen molar-refractivity contribution in [3.63, 3.8) is 0 Å². The van der Waals surface area contributed by atoms with Crippen LogP contribution in [0.2, 0.25) is 0 Å². The molecular weight excluding hydrogens is 408 g/mol. The van der Waals surface area contributed by atoms with E-state index in [4.69, 9.17) is 9.47 Å². The number of carbonyl (C=O) groups excluding carboxylic acids is 3. The first-order valence-corrected chi connectivity index (χ1v) is 10.2. The predicted octanol–water partition coefficient (Wildman–Crippen LogP) is 4.01. The minimum atomic E-state index is -0.733. The topological polar surface area (TPSA) is 94.6 Å². The van der Waals surface area contributed by atoms with Crippen LogP contribution in [0, 0.1) is 6.92 Å². The van der Waals surface area contributed by atoms with E-state index in [1.165, 1.54) is 30.5 Å². The highest BCUT2D eigenvalue weighted by Crippen LogP contribution is 2.30. The molecule has 0 aliphatic carbocycles. The molecule has 0 saturated heterocycles. The summed E-state index contributed by atoms with van der Waals surface area (Å²) in [7, 11) is 0. The van der Waals surface area contributed by atoms with Crippen LogP contribution in [-0.4, -0.2) is 35.3 Å². The molecule has 0 aliphatic rings. The fraction of sp³-hybridized carbons (Fsp3) is 0.200. The lowest BCUT2D eigenvalue weighted by Crippen LogP contribution is -2.29. The Kier molecular flexibility index (Phi) is 7.46. The van der Waals surface area contributed by atoms with Gasteiger partial charge in [-0.1, -0.05) is 37.6 Å². The van der Waals surface area contributed by atoms with Gasteiger partial charge in [0.05, 0.1) is 12.1 Å². The highest BCUT2D eigenvalue weighted by molar-refractivity contribution is 5.99. The molecule has 7 heteroatoms. The van der Waals surface area contributed by atoms with Crippen LogP contribution in [0.15, 0.2) is 66.9 Å². The highest BCUT2D eigenvalue weighted by Gasteiger charge is 2.19. The van der Waals surface area contributed by atoms with Gasteiger partial charge in [0.1, 0.15) is 5.69 Å². The van der Waals surface area contributed by atoms with E-state index in [0.29, 0.717) is 11.1 Å². The average molecular weight is 432 g/mol. The van der Waals surface area contributed by atoms with E-state index in [0.717, 1.165) is 5.56 Å². The van der Waals surface area contributed by atoms with Gasteiger partial charge in [-0.2, -0.15) is 0 Å². The van der Waals surface area contributed by atoms with E-state index < -0.39 is 11.9 Å². The summed E-state index contributed by atoms with van der Waals surface area (Å²) in [6.45, 7) is 5.89. The summed E-state index contributed by atoms with van der Waals surface area (Å²) in [4.78, 5) is 41.6. The lowest BCUT2D eigenvalue weighted by Gasteiger charge is -2.13. The Morgan fingerprint density at radius 1 is 0.875 bits per heavy atom. The van der Waals surface area contributed by atoms with E-state index in [2.05, 4.69) is 10.3 Å². The van der Waals surface area contributed by atoms with E-state index in [1.54, 1.807) is 36.4 Å². The Morgan fingerprint density at radius 2 is 1.56 bits per heavy atom. The summed E-state index contributed by atoms with van der Waals surface area (Å²) >= 11 is 0. The lowest BCUT2D eigenvalue weighted by molar-refractivity contribution is 0.0679. The SMILES string of the molecule is Cc1ccc(C(=O)Oc2ccc(C(=O)CNC(C)C)cc2OC(=O)c2ccccn2)cc1. The summed E-state index contributed by atoms with van der Waals surface area (Å²) < 4.78 is 10.9. The van der Waals surface area contributed by atoms with Crippen molar-refractivity contribution in [2.24, 2.45) is 0 Å². The minimum absolute atomic E-state index is 0.0215. The molecule has 0 atom stereocenters. The predicted molar refractivity (Wildman–Crippen MR) is 119 cm³/mol. The van der Waals surface area contributed by atoms with E-state index in [9.17, 15) is 14.4 Å². The van der Waals surface area contributed by atoms with Gasteiger partial charge in [0, 0.05) is 17.8 Å². The van der Waals surface area contributed by atoms with Crippen LogP contribution in [-0.2, 0) is 0 Å². The van der Waals surface area contributed by atoms with Gasteiger partial charge in [0.15, 0.2) is 17.3 Å². The average Bonchev–Trinajstić information content (AvgIpc) is 2.79. The number of aryl methyl sites for hydroxylation is 1. The number of nitrogens with one attached hydrogen (secondary N) is 1. The van der Waals surface area contributed by atoms with Gasteiger partial charge in [0.2, 0.25) is 0 Å². The number of carbonyl (C=O) groups is 3. The quantitative estimate of drug-likeness (QED) is 0.326. The molecule has 2 aromatic carbocycles. The Labute approximate surface area is 186 Å². The Bertz CT molecular complexity index is 1110. The summed E-state index contributed by atoms with van der Waals surface area (Å²) in [6, 6.07) is 16.2. The largest absolute Gasteiger partial charge is 0.419 e. The van der Waals surface area contributed by atoms with Crippen molar-refractivity contribution in [1.29, 1.82) is 0 Å². The molecular formula is C25H24N2O5. The maximum Gasteiger partial charge on any atom is 0.362 e. The second-order valence-electron chi connectivity index (χ2n) is 7.48. The van der Waals surface area contributed by atoms with Crippen LogP contribution in [0.5, 0.6) is 11.5 Å². The maximum atomic E-state index is 12.6. The molecule has 0 aliphatic heterocycles. The summed E-state index contributed by atoms with van der Waals surface area (Å²) in [5, 5.41) is 3.05. The fourth-order valence-electron chi connectivity index (χ4n) is 2.73. The zero-order valence-electron chi connectivity index (χ0n) is 18.1. The van der Waals surface area contributed by atoms with Crippen molar-refractivity contribution in [3.05, 3.63) is 89.2 Å². The van der Waals surface area contributed by atoms with E-state index >= 15 is 0 Å². The highest BCUT2D eigenvalue weighted by atomic mass is 16.6. The number of ether oxygens (including phenoxy) is 2. The van der Waals surface area contributed by atoms with Crippen molar-refractivity contribution in [2.45, 2.75) is 26.8 Å². The maximum absolute atomic E-state index is 12.6. The Balaban J connectivity index is 1.88. The number of nitrogens with zero attached hydrogens (tertiary/aromatic N) is 1. The summed E-state index contributed by atoms with van der Waals surface area (Å²) in [5.74, 6) is -1.56. The molecule has 0 fully saturated rings. The van der Waals surface area contributed by atoms with E-state index in [1.807, 2.05) is 20.8 Å². The van der Waals surface area contributed by atoms with Crippen molar-refractivity contribution < 1.29 is 23.9 Å². The van der Waals surface area contributed by atoms with Gasteiger partial charge >= 0.3 is 11.9 Å². The molecule has 0 radical (unpaired) electrons. The molecule has 3 aromatic rings. The minimum Gasteiger partial charge on any atom is -0.419 e. The molecule has 0 bridgehead atoms. The monoisotopic (exact) mass is 432 g/mol. The first-order chi connectivity index (χ1) is 15.3. The first kappa shape index (κ1) is 22.8. The molecule has 0 amide bonds. The molecule has 1 N–H and O–H groups in total. The molecule has 0 spiro atoms. The van der Waals surface area contributed by atoms with Gasteiger partial charge in [-0.05, 0) is 49.4 Å². The Hall–Kier alpha value is -3.84. The van der Waals surface area contributed by atoms with Crippen LogP contribution in [0.3, 0.4) is 0 Å². The summed E-state index contributed by atoms with van der Waals surface area (Å²) in [6.07, 6.45) is 1.46. The number of benzene rings is 2. The first-order valence-electron chi connectivity index (χ1n) is 10.2. The molecule has 0 unspecified atom stereocenters. The van der Waals surface area contributed by atoms with Crippen LogP contribution < -0.4 is 14.8 Å². The lowest BCUT2D eigenvalue weighted by atomic mass is 10.1. The van der Waals surface area contributed by atoms with Gasteiger partial charge in [0.25, 0.3) is 0 Å². The summed E-state index contributed by atoms with van der Waals surface area (Å²) in [5.41, 5.74) is 1.75. The number of hydrogen-bond acceptors (Lipinski definition) is 7. The van der Waals surface area contributed by atoms with Gasteiger partial charge < -0.3 is 14.8 Å².